The van der Waals surface area contributed by atoms with Crippen molar-refractivity contribution in [3.05, 3.63) is 81.1 Å². The molecule has 0 saturated carbocycles. The molecule has 7 nitrogen and oxygen atoms in total. The summed E-state index contributed by atoms with van der Waals surface area (Å²) in [7, 11) is 0. The number of H-pyrrole nitrogens is 1. The molecule has 2 aliphatic heterocycles. The van der Waals surface area contributed by atoms with Gasteiger partial charge in [-0.25, -0.2) is 8.78 Å². The molecule has 2 aromatic carbocycles. The van der Waals surface area contributed by atoms with E-state index in [1.165, 1.54) is 35.2 Å². The summed E-state index contributed by atoms with van der Waals surface area (Å²) in [4.78, 5) is 31.2. The summed E-state index contributed by atoms with van der Waals surface area (Å²) in [6.45, 7) is 0.507. The zero-order chi connectivity index (χ0) is 22.4. The van der Waals surface area contributed by atoms with Crippen LogP contribution in [0.5, 0.6) is 0 Å². The Kier molecular flexibility index (Phi) is 4.63. The van der Waals surface area contributed by atoms with Gasteiger partial charge in [0.25, 0.3) is 5.91 Å². The van der Waals surface area contributed by atoms with Crippen LogP contribution in [-0.2, 0) is 6.42 Å². The highest BCUT2D eigenvalue weighted by atomic mass is 19.1. The molecule has 3 heterocycles. The highest BCUT2D eigenvalue weighted by Gasteiger charge is 2.34. The van der Waals surface area contributed by atoms with Gasteiger partial charge in [0, 0.05) is 18.3 Å². The Bertz CT molecular complexity index is 1360. The third-order valence-electron chi connectivity index (χ3n) is 5.70. The number of carbonyl (C=O) groups excluding carboxylic acids is 1. The van der Waals surface area contributed by atoms with Crippen LogP contribution < -0.4 is 20.7 Å². The number of hydrogen-bond acceptors (Lipinski definition) is 5. The molecular formula is C23H17F2N5O2. The average Bonchev–Trinajstić information content (AvgIpc) is 2.80. The van der Waals surface area contributed by atoms with Crippen LogP contribution in [0.1, 0.15) is 27.9 Å². The zero-order valence-electron chi connectivity index (χ0n) is 16.8. The number of nitriles is 1. The highest BCUT2D eigenvalue weighted by Crippen LogP contribution is 2.40. The smallest absolute Gasteiger partial charge is 0.262 e. The van der Waals surface area contributed by atoms with E-state index in [-0.39, 0.29) is 29.2 Å². The van der Waals surface area contributed by atoms with E-state index in [4.69, 9.17) is 0 Å². The van der Waals surface area contributed by atoms with Crippen molar-refractivity contribution in [1.82, 2.24) is 4.98 Å². The Labute approximate surface area is 181 Å². The number of fused-ring (bicyclic) bond motifs is 8. The van der Waals surface area contributed by atoms with Crippen LogP contribution in [0.15, 0.2) is 47.3 Å². The fourth-order valence-corrected chi connectivity index (χ4v) is 4.20. The molecule has 2 aliphatic rings. The van der Waals surface area contributed by atoms with Crippen LogP contribution in [0.4, 0.5) is 31.7 Å². The lowest BCUT2D eigenvalue weighted by atomic mass is 10.0. The van der Waals surface area contributed by atoms with Crippen molar-refractivity contribution in [3.63, 3.8) is 0 Å². The van der Waals surface area contributed by atoms with Crippen molar-refractivity contribution in [3.8, 4) is 6.07 Å². The predicted octanol–water partition coefficient (Wildman–Crippen LogP) is 3.64. The third kappa shape index (κ3) is 3.17. The first-order chi connectivity index (χ1) is 15.5. The molecule has 0 radical (unpaired) electrons. The molecule has 160 valence electrons. The molecule has 0 spiro atoms. The van der Waals surface area contributed by atoms with Gasteiger partial charge in [-0.1, -0.05) is 0 Å². The van der Waals surface area contributed by atoms with E-state index in [9.17, 15) is 23.6 Å². The molecule has 9 heteroatoms. The molecular weight excluding hydrogens is 416 g/mol. The van der Waals surface area contributed by atoms with Crippen LogP contribution in [-0.4, -0.2) is 24.1 Å². The van der Waals surface area contributed by atoms with Crippen molar-refractivity contribution >= 4 is 28.8 Å². The van der Waals surface area contributed by atoms with E-state index in [1.807, 2.05) is 6.07 Å². The Morgan fingerprint density at radius 3 is 2.59 bits per heavy atom. The summed E-state index contributed by atoms with van der Waals surface area (Å²) in [6, 6.07) is 11.5. The fourth-order valence-electron chi connectivity index (χ4n) is 4.20. The Morgan fingerprint density at radius 1 is 0.969 bits per heavy atom. The SMILES string of the molecule is N#Cc1cc2c(cc1F)C(=O)N1CN2c2ccc(F)cc2CCCNc2[nH]c(=O)ccc21. The number of hydrogen-bond donors (Lipinski definition) is 2. The van der Waals surface area contributed by atoms with Crippen LogP contribution in [0.3, 0.4) is 0 Å². The second-order valence-electron chi connectivity index (χ2n) is 7.65. The fraction of sp³-hybridized carbons (Fsp3) is 0.174. The van der Waals surface area contributed by atoms with E-state index in [1.54, 1.807) is 11.0 Å². The summed E-state index contributed by atoms with van der Waals surface area (Å²) in [5.41, 5.74) is 1.73. The molecule has 0 fully saturated rings. The van der Waals surface area contributed by atoms with E-state index < -0.39 is 11.7 Å². The lowest BCUT2D eigenvalue weighted by Gasteiger charge is -2.39. The molecule has 3 aromatic rings. The standard InChI is InChI=1S/C23H17F2N5O2/c24-15-3-4-18-13(8-15)2-1-7-27-22-19(5-6-21(31)28-22)30-12-29(18)20-9-14(11-26)17(25)10-16(20)23(30)32/h3-6,8-10H,1-2,7,12H2,(H2,27,28,31). The van der Waals surface area contributed by atoms with Crippen molar-refractivity contribution in [2.24, 2.45) is 0 Å². The molecule has 0 atom stereocenters. The summed E-state index contributed by atoms with van der Waals surface area (Å²) in [6.07, 6.45) is 1.16. The van der Waals surface area contributed by atoms with Gasteiger partial charge < -0.3 is 15.2 Å². The first-order valence-electron chi connectivity index (χ1n) is 10.0. The van der Waals surface area contributed by atoms with Crippen molar-refractivity contribution in [2.75, 3.05) is 28.3 Å². The van der Waals surface area contributed by atoms with Crippen LogP contribution in [0.2, 0.25) is 0 Å². The van der Waals surface area contributed by atoms with Gasteiger partial charge in [0.2, 0.25) is 5.56 Å². The normalized spacial score (nSPS) is 15.0. The summed E-state index contributed by atoms with van der Waals surface area (Å²) in [5, 5.41) is 12.5. The molecule has 0 aliphatic carbocycles. The number of halogens is 2. The first kappa shape index (κ1) is 19.8. The van der Waals surface area contributed by atoms with E-state index in [0.717, 1.165) is 6.07 Å². The molecule has 1 aromatic heterocycles. The van der Waals surface area contributed by atoms with Gasteiger partial charge in [-0.15, -0.1) is 0 Å². The van der Waals surface area contributed by atoms with Gasteiger partial charge in [0.05, 0.1) is 22.5 Å². The van der Waals surface area contributed by atoms with Gasteiger partial charge >= 0.3 is 0 Å². The maximum absolute atomic E-state index is 14.5. The third-order valence-corrected chi connectivity index (χ3v) is 5.70. The molecule has 32 heavy (non-hydrogen) atoms. The number of carbonyl (C=O) groups is 1. The Balaban J connectivity index is 1.79. The maximum atomic E-state index is 14.5. The number of aromatic amines is 1. The van der Waals surface area contributed by atoms with Crippen molar-refractivity contribution < 1.29 is 13.6 Å². The minimum Gasteiger partial charge on any atom is -0.370 e. The number of nitrogens with zero attached hydrogens (tertiary/aromatic N) is 3. The molecule has 2 bridgehead atoms. The minimum absolute atomic E-state index is 0.0295. The molecule has 5 rings (SSSR count). The second kappa shape index (κ2) is 7.50. The second-order valence-corrected chi connectivity index (χ2v) is 7.65. The predicted molar refractivity (Wildman–Crippen MR) is 115 cm³/mol. The van der Waals surface area contributed by atoms with Crippen LogP contribution >= 0.6 is 0 Å². The number of amides is 1. The molecule has 2 N–H and O–H groups in total. The van der Waals surface area contributed by atoms with Gasteiger partial charge in [-0.05, 0) is 54.8 Å². The number of pyridine rings is 1. The topological polar surface area (TPSA) is 92.2 Å². The van der Waals surface area contributed by atoms with Crippen molar-refractivity contribution in [1.29, 1.82) is 5.26 Å². The number of nitrogens with one attached hydrogen (secondary N) is 2. The molecule has 0 unspecified atom stereocenters. The highest BCUT2D eigenvalue weighted by molar-refractivity contribution is 6.13. The Hall–Kier alpha value is -4.19. The largest absolute Gasteiger partial charge is 0.370 e. The number of aromatic nitrogens is 1. The van der Waals surface area contributed by atoms with Gasteiger partial charge in [0.1, 0.15) is 30.2 Å². The van der Waals surface area contributed by atoms with Gasteiger partial charge in [-0.2, -0.15) is 5.26 Å². The lowest BCUT2D eigenvalue weighted by Crippen LogP contribution is -2.45. The molecule has 1 amide bonds. The zero-order valence-corrected chi connectivity index (χ0v) is 16.8. The Morgan fingerprint density at radius 2 is 1.78 bits per heavy atom. The number of rotatable bonds is 0. The monoisotopic (exact) mass is 433 g/mol. The first-order valence-corrected chi connectivity index (χ1v) is 10.0. The molecule has 0 saturated heterocycles. The van der Waals surface area contributed by atoms with Crippen molar-refractivity contribution in [2.45, 2.75) is 12.8 Å². The minimum atomic E-state index is -0.801. The van der Waals surface area contributed by atoms with E-state index in [0.29, 0.717) is 47.8 Å². The number of anilines is 4. The van der Waals surface area contributed by atoms with E-state index in [2.05, 4.69) is 10.3 Å². The quantitative estimate of drug-likeness (QED) is 0.565. The van der Waals surface area contributed by atoms with E-state index >= 15 is 0 Å². The lowest BCUT2D eigenvalue weighted by molar-refractivity contribution is 0.0983. The number of benzene rings is 2. The van der Waals surface area contributed by atoms with Crippen LogP contribution in [0, 0.1) is 23.0 Å². The summed E-state index contributed by atoms with van der Waals surface area (Å²) >= 11 is 0. The van der Waals surface area contributed by atoms with Gasteiger partial charge in [-0.3, -0.25) is 14.5 Å². The number of aryl methyl sites for hydroxylation is 1. The summed E-state index contributed by atoms with van der Waals surface area (Å²) < 4.78 is 28.6. The average molecular weight is 433 g/mol. The van der Waals surface area contributed by atoms with Crippen LogP contribution in [0.25, 0.3) is 0 Å². The summed E-state index contributed by atoms with van der Waals surface area (Å²) in [5.74, 6) is -1.29. The maximum Gasteiger partial charge on any atom is 0.262 e. The van der Waals surface area contributed by atoms with Gasteiger partial charge in [0.15, 0.2) is 0 Å².